The highest BCUT2D eigenvalue weighted by Gasteiger charge is 2.27. The summed E-state index contributed by atoms with van der Waals surface area (Å²) >= 11 is 2.12. The maximum Gasteiger partial charge on any atom is 0.0317 e. The maximum absolute atomic E-state index is 5.83. The molecule has 2 N–H and O–H groups in total. The lowest BCUT2D eigenvalue weighted by atomic mass is 10.1. The second-order valence-corrected chi connectivity index (χ2v) is 6.78. The van der Waals surface area contributed by atoms with Crippen LogP contribution in [0.3, 0.4) is 0 Å². The van der Waals surface area contributed by atoms with Crippen LogP contribution in [0.2, 0.25) is 0 Å². The van der Waals surface area contributed by atoms with Gasteiger partial charge in [0.2, 0.25) is 0 Å². The minimum absolute atomic E-state index is 0.746. The molecule has 2 nitrogen and oxygen atoms in total. The van der Waals surface area contributed by atoms with E-state index in [0.717, 1.165) is 23.5 Å². The zero-order valence-electron chi connectivity index (χ0n) is 11.4. The van der Waals surface area contributed by atoms with Crippen molar-refractivity contribution in [3.8, 4) is 0 Å². The van der Waals surface area contributed by atoms with Gasteiger partial charge in [0.25, 0.3) is 0 Å². The van der Waals surface area contributed by atoms with Crippen molar-refractivity contribution in [2.45, 2.75) is 44.0 Å². The predicted octanol–water partition coefficient (Wildman–Crippen LogP) is 3.37. The fraction of sp³-hybridized carbons (Fsp3) is 0.600. The van der Waals surface area contributed by atoms with Crippen molar-refractivity contribution in [1.29, 1.82) is 0 Å². The summed E-state index contributed by atoms with van der Waals surface area (Å²) in [7, 11) is 2.24. The molecule has 100 valence electrons. The van der Waals surface area contributed by atoms with Crippen LogP contribution in [-0.2, 0) is 6.54 Å². The summed E-state index contributed by atoms with van der Waals surface area (Å²) in [4.78, 5) is 2.49. The van der Waals surface area contributed by atoms with Gasteiger partial charge in [0.05, 0.1) is 0 Å². The SMILES string of the molecule is CCSC1CCC(N(C)Cc2cccc(N)c2)C1. The molecule has 0 heterocycles. The Bertz CT molecular complexity index is 381. The molecule has 0 radical (unpaired) electrons. The quantitative estimate of drug-likeness (QED) is 0.827. The monoisotopic (exact) mass is 264 g/mol. The molecule has 2 rings (SSSR count). The fourth-order valence-corrected chi connectivity index (χ4v) is 3.95. The topological polar surface area (TPSA) is 29.3 Å². The van der Waals surface area contributed by atoms with Crippen LogP contribution in [0.25, 0.3) is 0 Å². The number of nitrogens with two attached hydrogens (primary N) is 1. The average molecular weight is 264 g/mol. The van der Waals surface area contributed by atoms with E-state index in [4.69, 9.17) is 5.73 Å². The summed E-state index contributed by atoms with van der Waals surface area (Å²) in [6.45, 7) is 3.27. The molecule has 1 aliphatic rings. The third kappa shape index (κ3) is 3.66. The molecule has 1 aromatic rings. The van der Waals surface area contributed by atoms with E-state index in [1.54, 1.807) is 0 Å². The van der Waals surface area contributed by atoms with Gasteiger partial charge in [-0.2, -0.15) is 11.8 Å². The molecule has 1 fully saturated rings. The highest BCUT2D eigenvalue weighted by atomic mass is 32.2. The summed E-state index contributed by atoms with van der Waals surface area (Å²) < 4.78 is 0. The smallest absolute Gasteiger partial charge is 0.0317 e. The van der Waals surface area contributed by atoms with Gasteiger partial charge in [-0.3, -0.25) is 4.90 Å². The molecule has 1 aromatic carbocycles. The summed E-state index contributed by atoms with van der Waals surface area (Å²) in [5.74, 6) is 1.25. The molecule has 0 spiro atoms. The predicted molar refractivity (Wildman–Crippen MR) is 81.9 cm³/mol. The van der Waals surface area contributed by atoms with E-state index in [2.05, 4.69) is 42.8 Å². The second kappa shape index (κ2) is 6.48. The van der Waals surface area contributed by atoms with Crippen LogP contribution in [0.1, 0.15) is 31.7 Å². The lowest BCUT2D eigenvalue weighted by Crippen LogP contribution is -2.29. The normalized spacial score (nSPS) is 23.7. The number of benzene rings is 1. The van der Waals surface area contributed by atoms with Crippen LogP contribution in [-0.4, -0.2) is 29.0 Å². The third-order valence-electron chi connectivity index (χ3n) is 3.77. The van der Waals surface area contributed by atoms with Gasteiger partial charge in [-0.15, -0.1) is 0 Å². The number of rotatable bonds is 5. The molecular weight excluding hydrogens is 240 g/mol. The minimum Gasteiger partial charge on any atom is -0.399 e. The molecule has 0 saturated heterocycles. The summed E-state index contributed by atoms with van der Waals surface area (Å²) in [6, 6.07) is 9.00. The van der Waals surface area contributed by atoms with E-state index in [1.165, 1.54) is 30.6 Å². The molecule has 1 aliphatic carbocycles. The van der Waals surface area contributed by atoms with E-state index < -0.39 is 0 Å². The Kier molecular flexibility index (Phi) is 4.95. The zero-order chi connectivity index (χ0) is 13.0. The van der Waals surface area contributed by atoms with E-state index in [1.807, 2.05) is 12.1 Å². The Balaban J connectivity index is 1.87. The summed E-state index contributed by atoms with van der Waals surface area (Å²) in [6.07, 6.45) is 4.07. The van der Waals surface area contributed by atoms with Gasteiger partial charge >= 0.3 is 0 Å². The van der Waals surface area contributed by atoms with Crippen LogP contribution < -0.4 is 5.73 Å². The van der Waals surface area contributed by atoms with Crippen molar-refractivity contribution in [2.75, 3.05) is 18.5 Å². The van der Waals surface area contributed by atoms with Gasteiger partial charge in [0.1, 0.15) is 0 Å². The molecule has 2 unspecified atom stereocenters. The first kappa shape index (κ1) is 13.8. The van der Waals surface area contributed by atoms with Gasteiger partial charge < -0.3 is 5.73 Å². The van der Waals surface area contributed by atoms with Crippen molar-refractivity contribution in [1.82, 2.24) is 4.90 Å². The number of nitrogen functional groups attached to an aromatic ring is 1. The zero-order valence-corrected chi connectivity index (χ0v) is 12.2. The number of hydrogen-bond donors (Lipinski definition) is 1. The van der Waals surface area contributed by atoms with Crippen molar-refractivity contribution in [2.24, 2.45) is 0 Å². The molecule has 0 bridgehead atoms. The largest absolute Gasteiger partial charge is 0.399 e. The Hall–Kier alpha value is -0.670. The molecule has 2 atom stereocenters. The van der Waals surface area contributed by atoms with Crippen molar-refractivity contribution in [3.05, 3.63) is 29.8 Å². The standard InChI is InChI=1S/C15H24N2S/c1-3-18-15-8-7-14(10-15)17(2)11-12-5-4-6-13(16)9-12/h4-6,9,14-15H,3,7-8,10-11,16H2,1-2H3. The Morgan fingerprint density at radius 1 is 1.39 bits per heavy atom. The molecule has 0 aliphatic heterocycles. The average Bonchev–Trinajstić information content (AvgIpc) is 2.78. The van der Waals surface area contributed by atoms with Crippen LogP contribution in [0, 0.1) is 0 Å². The lowest BCUT2D eigenvalue weighted by Gasteiger charge is -2.24. The van der Waals surface area contributed by atoms with Gasteiger partial charge in [-0.25, -0.2) is 0 Å². The number of nitrogens with zero attached hydrogens (tertiary/aromatic N) is 1. The molecule has 3 heteroatoms. The Labute approximate surface area is 115 Å². The lowest BCUT2D eigenvalue weighted by molar-refractivity contribution is 0.238. The molecule has 0 amide bonds. The van der Waals surface area contributed by atoms with Crippen LogP contribution in [0.4, 0.5) is 5.69 Å². The first-order valence-electron chi connectivity index (χ1n) is 6.85. The summed E-state index contributed by atoms with van der Waals surface area (Å²) in [5.41, 5.74) is 8.02. The van der Waals surface area contributed by atoms with Crippen LogP contribution >= 0.6 is 11.8 Å². The van der Waals surface area contributed by atoms with Gasteiger partial charge in [0, 0.05) is 23.5 Å². The fourth-order valence-electron chi connectivity index (χ4n) is 2.81. The van der Waals surface area contributed by atoms with E-state index in [9.17, 15) is 0 Å². The van der Waals surface area contributed by atoms with E-state index in [-0.39, 0.29) is 0 Å². The van der Waals surface area contributed by atoms with E-state index in [0.29, 0.717) is 0 Å². The Morgan fingerprint density at radius 2 is 2.22 bits per heavy atom. The van der Waals surface area contributed by atoms with Crippen LogP contribution in [0.5, 0.6) is 0 Å². The molecule has 18 heavy (non-hydrogen) atoms. The maximum atomic E-state index is 5.83. The van der Waals surface area contributed by atoms with Crippen molar-refractivity contribution < 1.29 is 0 Å². The first-order chi connectivity index (χ1) is 8.69. The van der Waals surface area contributed by atoms with Crippen LogP contribution in [0.15, 0.2) is 24.3 Å². The highest BCUT2D eigenvalue weighted by molar-refractivity contribution is 7.99. The highest BCUT2D eigenvalue weighted by Crippen LogP contribution is 2.32. The molecular formula is C15H24N2S. The van der Waals surface area contributed by atoms with Gasteiger partial charge in [-0.05, 0) is 49.8 Å². The second-order valence-electron chi connectivity index (χ2n) is 5.20. The van der Waals surface area contributed by atoms with Gasteiger partial charge in [-0.1, -0.05) is 19.1 Å². The number of anilines is 1. The number of hydrogen-bond acceptors (Lipinski definition) is 3. The Morgan fingerprint density at radius 3 is 2.94 bits per heavy atom. The minimum atomic E-state index is 0.746. The van der Waals surface area contributed by atoms with E-state index >= 15 is 0 Å². The molecule has 0 aromatic heterocycles. The molecule has 1 saturated carbocycles. The summed E-state index contributed by atoms with van der Waals surface area (Å²) in [5, 5.41) is 0.878. The van der Waals surface area contributed by atoms with Gasteiger partial charge in [0.15, 0.2) is 0 Å². The van der Waals surface area contributed by atoms with Crippen molar-refractivity contribution in [3.63, 3.8) is 0 Å². The first-order valence-corrected chi connectivity index (χ1v) is 7.90. The number of thioether (sulfide) groups is 1. The third-order valence-corrected chi connectivity index (χ3v) is 5.00. The van der Waals surface area contributed by atoms with Crippen molar-refractivity contribution >= 4 is 17.4 Å².